The van der Waals surface area contributed by atoms with E-state index in [-0.39, 0.29) is 0 Å². The van der Waals surface area contributed by atoms with Crippen LogP contribution in [0.5, 0.6) is 0 Å². The normalized spacial score (nSPS) is 14.5. The highest BCUT2D eigenvalue weighted by molar-refractivity contribution is 6.34. The molecule has 76 valence electrons. The zero-order chi connectivity index (χ0) is 10.4. The Labute approximate surface area is 82.0 Å². The molecule has 0 aliphatic heterocycles. The van der Waals surface area contributed by atoms with Crippen molar-refractivity contribution in [1.82, 2.24) is 10.7 Å². The predicted octanol–water partition coefficient (Wildman–Crippen LogP) is -0.631. The second kappa shape index (κ2) is 5.18. The van der Waals surface area contributed by atoms with E-state index in [1.807, 2.05) is 18.2 Å². The lowest BCUT2D eigenvalue weighted by molar-refractivity contribution is -0.139. The van der Waals surface area contributed by atoms with E-state index in [1.54, 1.807) is 5.43 Å². The number of rotatable bonds is 2. The Hall–Kier alpha value is -1.62. The van der Waals surface area contributed by atoms with E-state index < -0.39 is 11.8 Å². The van der Waals surface area contributed by atoms with Gasteiger partial charge in [-0.15, -0.1) is 0 Å². The Kier molecular flexibility index (Phi) is 3.87. The van der Waals surface area contributed by atoms with Crippen molar-refractivity contribution in [3.63, 3.8) is 0 Å². The number of nitrogens with one attached hydrogen (secondary N) is 2. The van der Waals surface area contributed by atoms with Crippen molar-refractivity contribution in [2.45, 2.75) is 12.8 Å². The molecule has 0 saturated heterocycles. The zero-order valence-electron chi connectivity index (χ0n) is 7.75. The highest BCUT2D eigenvalue weighted by Gasteiger charge is 2.10. The van der Waals surface area contributed by atoms with E-state index in [1.165, 1.54) is 0 Å². The number of allylic oxidation sites excluding steroid dienone is 2. The Morgan fingerprint density at radius 2 is 2.14 bits per heavy atom. The summed E-state index contributed by atoms with van der Waals surface area (Å²) in [6.45, 7) is 0.364. The van der Waals surface area contributed by atoms with E-state index in [4.69, 9.17) is 5.84 Å². The van der Waals surface area contributed by atoms with Crippen LogP contribution in [0, 0.1) is 0 Å². The molecule has 0 aromatic rings. The van der Waals surface area contributed by atoms with Crippen LogP contribution in [0.25, 0.3) is 0 Å². The molecular weight excluding hydrogens is 182 g/mol. The van der Waals surface area contributed by atoms with Gasteiger partial charge in [-0.1, -0.05) is 18.2 Å². The topological polar surface area (TPSA) is 84.2 Å². The molecule has 0 saturated carbocycles. The third-order valence-electron chi connectivity index (χ3n) is 1.86. The molecular formula is C9H13N3O2. The minimum absolute atomic E-state index is 0.364. The smallest absolute Gasteiger partial charge is 0.323 e. The summed E-state index contributed by atoms with van der Waals surface area (Å²) in [4.78, 5) is 21.7. The van der Waals surface area contributed by atoms with Crippen molar-refractivity contribution in [1.29, 1.82) is 0 Å². The highest BCUT2D eigenvalue weighted by atomic mass is 16.2. The van der Waals surface area contributed by atoms with Crippen molar-refractivity contribution >= 4 is 11.8 Å². The van der Waals surface area contributed by atoms with Gasteiger partial charge in [0.2, 0.25) is 0 Å². The fourth-order valence-corrected chi connectivity index (χ4v) is 1.13. The van der Waals surface area contributed by atoms with Crippen LogP contribution in [0.1, 0.15) is 12.8 Å². The largest absolute Gasteiger partial charge is 0.344 e. The van der Waals surface area contributed by atoms with Crippen LogP contribution in [0.15, 0.2) is 23.8 Å². The first-order chi connectivity index (χ1) is 6.74. The SMILES string of the molecule is NNC(=O)C(=O)NCC1=CCCC=C1. The van der Waals surface area contributed by atoms with Crippen LogP contribution in [-0.4, -0.2) is 18.4 Å². The quantitative estimate of drug-likeness (QED) is 0.237. The summed E-state index contributed by atoms with van der Waals surface area (Å²) in [5.41, 5.74) is 2.77. The fraction of sp³-hybridized carbons (Fsp3) is 0.333. The summed E-state index contributed by atoms with van der Waals surface area (Å²) in [7, 11) is 0. The number of carbonyl (C=O) groups is 2. The first kappa shape index (κ1) is 10.5. The van der Waals surface area contributed by atoms with Gasteiger partial charge in [0, 0.05) is 6.54 Å². The van der Waals surface area contributed by atoms with Crippen molar-refractivity contribution in [2.75, 3.05) is 6.54 Å². The summed E-state index contributed by atoms with van der Waals surface area (Å²) >= 11 is 0. The molecule has 0 atom stereocenters. The summed E-state index contributed by atoms with van der Waals surface area (Å²) in [5, 5.41) is 2.45. The van der Waals surface area contributed by atoms with Gasteiger partial charge < -0.3 is 5.32 Å². The van der Waals surface area contributed by atoms with Crippen LogP contribution in [0.2, 0.25) is 0 Å². The second-order valence-electron chi connectivity index (χ2n) is 2.91. The number of hydrazine groups is 1. The van der Waals surface area contributed by atoms with Gasteiger partial charge in [0.15, 0.2) is 0 Å². The lowest BCUT2D eigenvalue weighted by Crippen LogP contribution is -2.43. The molecule has 1 rings (SSSR count). The first-order valence-electron chi connectivity index (χ1n) is 4.38. The van der Waals surface area contributed by atoms with Gasteiger partial charge in [0.05, 0.1) is 0 Å². The van der Waals surface area contributed by atoms with E-state index in [2.05, 4.69) is 5.32 Å². The van der Waals surface area contributed by atoms with Crippen molar-refractivity contribution in [3.8, 4) is 0 Å². The monoisotopic (exact) mass is 195 g/mol. The molecule has 2 amide bonds. The molecule has 0 heterocycles. The molecule has 5 heteroatoms. The van der Waals surface area contributed by atoms with Gasteiger partial charge >= 0.3 is 11.8 Å². The highest BCUT2D eigenvalue weighted by Crippen LogP contribution is 2.07. The van der Waals surface area contributed by atoms with Crippen LogP contribution in [0.4, 0.5) is 0 Å². The van der Waals surface area contributed by atoms with Crippen molar-refractivity contribution in [3.05, 3.63) is 23.8 Å². The predicted molar refractivity (Wildman–Crippen MR) is 51.8 cm³/mol. The zero-order valence-corrected chi connectivity index (χ0v) is 7.75. The van der Waals surface area contributed by atoms with Crippen molar-refractivity contribution in [2.24, 2.45) is 5.84 Å². The maximum absolute atomic E-state index is 11.0. The van der Waals surface area contributed by atoms with E-state index in [0.29, 0.717) is 6.54 Å². The van der Waals surface area contributed by atoms with Gasteiger partial charge in [-0.3, -0.25) is 15.0 Å². The lowest BCUT2D eigenvalue weighted by Gasteiger charge is -2.07. The number of carbonyl (C=O) groups excluding carboxylic acids is 2. The summed E-state index contributed by atoms with van der Waals surface area (Å²) in [6, 6.07) is 0. The van der Waals surface area contributed by atoms with Crippen LogP contribution < -0.4 is 16.6 Å². The van der Waals surface area contributed by atoms with Crippen LogP contribution >= 0.6 is 0 Å². The van der Waals surface area contributed by atoms with Gasteiger partial charge in [-0.2, -0.15) is 0 Å². The molecule has 0 radical (unpaired) electrons. The third-order valence-corrected chi connectivity index (χ3v) is 1.86. The summed E-state index contributed by atoms with van der Waals surface area (Å²) in [5.74, 6) is 3.25. The standard InChI is InChI=1S/C9H13N3O2/c10-12-9(14)8(13)11-6-7-4-2-1-3-5-7/h2,4-5H,1,3,6,10H2,(H,11,13)(H,12,14). The average molecular weight is 195 g/mol. The summed E-state index contributed by atoms with van der Waals surface area (Å²) in [6.07, 6.45) is 8.00. The molecule has 0 aromatic carbocycles. The molecule has 0 bridgehead atoms. The summed E-state index contributed by atoms with van der Waals surface area (Å²) < 4.78 is 0. The van der Waals surface area contributed by atoms with E-state index >= 15 is 0 Å². The van der Waals surface area contributed by atoms with Gasteiger partial charge in [-0.05, 0) is 18.4 Å². The third kappa shape index (κ3) is 3.02. The molecule has 0 unspecified atom stereocenters. The molecule has 14 heavy (non-hydrogen) atoms. The Morgan fingerprint density at radius 1 is 1.36 bits per heavy atom. The number of amides is 2. The Bertz CT molecular complexity index is 294. The van der Waals surface area contributed by atoms with Crippen molar-refractivity contribution < 1.29 is 9.59 Å². The van der Waals surface area contributed by atoms with Gasteiger partial charge in [0.25, 0.3) is 0 Å². The molecule has 0 fully saturated rings. The average Bonchev–Trinajstić information content (AvgIpc) is 2.26. The maximum atomic E-state index is 11.0. The molecule has 5 nitrogen and oxygen atoms in total. The molecule has 0 aromatic heterocycles. The van der Waals surface area contributed by atoms with E-state index in [0.717, 1.165) is 18.4 Å². The first-order valence-corrected chi connectivity index (χ1v) is 4.38. The van der Waals surface area contributed by atoms with Crippen LogP contribution in [0.3, 0.4) is 0 Å². The van der Waals surface area contributed by atoms with E-state index in [9.17, 15) is 9.59 Å². The van der Waals surface area contributed by atoms with Gasteiger partial charge in [-0.25, -0.2) is 5.84 Å². The Morgan fingerprint density at radius 3 is 2.71 bits per heavy atom. The molecule has 1 aliphatic rings. The maximum Gasteiger partial charge on any atom is 0.323 e. The lowest BCUT2D eigenvalue weighted by atomic mass is 10.1. The fourth-order valence-electron chi connectivity index (χ4n) is 1.13. The minimum atomic E-state index is -0.828. The molecule has 4 N–H and O–H groups in total. The Balaban J connectivity index is 2.33. The van der Waals surface area contributed by atoms with Gasteiger partial charge in [0.1, 0.15) is 0 Å². The number of hydrogen-bond acceptors (Lipinski definition) is 3. The molecule has 0 spiro atoms. The number of nitrogens with two attached hydrogens (primary N) is 1. The molecule has 1 aliphatic carbocycles. The number of hydrogen-bond donors (Lipinski definition) is 3. The van der Waals surface area contributed by atoms with Crippen LogP contribution in [-0.2, 0) is 9.59 Å². The minimum Gasteiger partial charge on any atom is -0.344 e. The second-order valence-corrected chi connectivity index (χ2v) is 2.91.